The lowest BCUT2D eigenvalue weighted by atomic mass is 10.2. The summed E-state index contributed by atoms with van der Waals surface area (Å²) in [5.74, 6) is 0. The van der Waals surface area contributed by atoms with Gasteiger partial charge in [-0.2, -0.15) is 26.3 Å². The van der Waals surface area contributed by atoms with Crippen molar-refractivity contribution in [3.63, 3.8) is 0 Å². The molecule has 122 valence electrons. The van der Waals surface area contributed by atoms with Crippen LogP contribution in [0.15, 0.2) is 24.3 Å². The van der Waals surface area contributed by atoms with E-state index >= 15 is 0 Å². The van der Waals surface area contributed by atoms with E-state index in [9.17, 15) is 41.3 Å². The highest BCUT2D eigenvalue weighted by molar-refractivity contribution is 5.89. The fourth-order valence-corrected chi connectivity index (χ4v) is 1.34. The number of non-ortho nitro benzene ring substituents is 1. The van der Waals surface area contributed by atoms with Crippen LogP contribution in [0.5, 0.6) is 0 Å². The Kier molecular flexibility index (Phi) is 4.84. The van der Waals surface area contributed by atoms with Gasteiger partial charge < -0.3 is 10.6 Å². The first kappa shape index (κ1) is 17.5. The Bertz CT molecular complexity index is 558. The van der Waals surface area contributed by atoms with Gasteiger partial charge in [-0.1, -0.05) is 6.07 Å². The summed E-state index contributed by atoms with van der Waals surface area (Å²) in [6.07, 6.45) is -11.5. The number of halogens is 6. The van der Waals surface area contributed by atoms with E-state index in [4.69, 9.17) is 0 Å². The molecule has 0 aliphatic carbocycles. The van der Waals surface area contributed by atoms with Gasteiger partial charge in [-0.3, -0.25) is 10.1 Å². The first-order valence-corrected chi connectivity index (χ1v) is 5.36. The van der Waals surface area contributed by atoms with Gasteiger partial charge >= 0.3 is 18.4 Å². The van der Waals surface area contributed by atoms with Crippen LogP contribution in [0.1, 0.15) is 0 Å². The van der Waals surface area contributed by atoms with Gasteiger partial charge in [0.05, 0.1) is 4.92 Å². The number of benzene rings is 1. The van der Waals surface area contributed by atoms with Crippen LogP contribution in [-0.2, 0) is 0 Å². The average Bonchev–Trinajstić information content (AvgIpc) is 2.33. The topological polar surface area (TPSA) is 84.3 Å². The minimum absolute atomic E-state index is 0.338. The molecule has 0 bridgehead atoms. The van der Waals surface area contributed by atoms with Crippen molar-refractivity contribution in [2.75, 3.05) is 5.32 Å². The number of nitrogens with one attached hydrogen (secondary N) is 2. The third-order valence-corrected chi connectivity index (χ3v) is 2.24. The molecule has 0 unspecified atom stereocenters. The second-order valence-corrected chi connectivity index (χ2v) is 3.92. The number of hydrogen-bond donors (Lipinski definition) is 2. The molecule has 0 saturated heterocycles. The van der Waals surface area contributed by atoms with Crippen LogP contribution in [0.3, 0.4) is 0 Å². The van der Waals surface area contributed by atoms with Gasteiger partial charge in [0.25, 0.3) is 5.69 Å². The Balaban J connectivity index is 2.85. The largest absolute Gasteiger partial charge is 0.417 e. The molecule has 0 aliphatic heterocycles. The fourth-order valence-electron chi connectivity index (χ4n) is 1.34. The second kappa shape index (κ2) is 6.07. The molecule has 0 atom stereocenters. The van der Waals surface area contributed by atoms with Gasteiger partial charge in [0.1, 0.15) is 0 Å². The first-order valence-electron chi connectivity index (χ1n) is 5.36. The molecule has 0 fully saturated rings. The second-order valence-electron chi connectivity index (χ2n) is 3.92. The van der Waals surface area contributed by atoms with Crippen molar-refractivity contribution in [1.82, 2.24) is 5.32 Å². The van der Waals surface area contributed by atoms with Crippen LogP contribution in [0.4, 0.5) is 42.5 Å². The molecule has 0 spiro atoms. The minimum Gasteiger partial charge on any atom is -0.318 e. The zero-order chi connectivity index (χ0) is 17.1. The molecule has 1 aromatic rings. The molecule has 0 heterocycles. The minimum atomic E-state index is -5.74. The zero-order valence-corrected chi connectivity index (χ0v) is 10.3. The summed E-state index contributed by atoms with van der Waals surface area (Å²) in [6, 6.07) is -1.91. The number of hydrogen-bond acceptors (Lipinski definition) is 3. The van der Waals surface area contributed by atoms with Crippen molar-refractivity contribution >= 4 is 17.4 Å². The molecule has 0 saturated carbocycles. The number of amides is 2. The molecule has 6 nitrogen and oxygen atoms in total. The summed E-state index contributed by atoms with van der Waals surface area (Å²) in [5.41, 5.74) is -0.837. The van der Waals surface area contributed by atoms with Gasteiger partial charge in [0.15, 0.2) is 0 Å². The van der Waals surface area contributed by atoms with E-state index in [0.29, 0.717) is 0 Å². The Morgan fingerprint density at radius 2 is 1.68 bits per heavy atom. The van der Waals surface area contributed by atoms with Crippen molar-refractivity contribution in [2.24, 2.45) is 0 Å². The number of carbonyl (C=O) groups excluding carboxylic acids is 1. The van der Waals surface area contributed by atoms with Crippen molar-refractivity contribution in [1.29, 1.82) is 0 Å². The van der Waals surface area contributed by atoms with Crippen LogP contribution in [-0.4, -0.2) is 29.3 Å². The molecule has 1 aromatic carbocycles. The van der Waals surface area contributed by atoms with E-state index in [2.05, 4.69) is 0 Å². The quantitative estimate of drug-likeness (QED) is 0.507. The maximum atomic E-state index is 12.2. The maximum Gasteiger partial charge on any atom is 0.417 e. The van der Waals surface area contributed by atoms with Crippen LogP contribution >= 0.6 is 0 Å². The molecule has 12 heteroatoms. The van der Waals surface area contributed by atoms with Crippen molar-refractivity contribution in [2.45, 2.75) is 18.4 Å². The molecule has 22 heavy (non-hydrogen) atoms. The average molecular weight is 331 g/mol. The smallest absolute Gasteiger partial charge is 0.318 e. The molecular weight excluding hydrogens is 324 g/mol. The predicted octanol–water partition coefficient (Wildman–Crippen LogP) is 3.21. The number of nitro groups is 1. The number of rotatable bonds is 3. The summed E-state index contributed by atoms with van der Waals surface area (Å²) in [7, 11) is 0. The number of alkyl halides is 6. The van der Waals surface area contributed by atoms with E-state index < -0.39 is 35.0 Å². The van der Waals surface area contributed by atoms with Gasteiger partial charge in [-0.05, 0) is 6.07 Å². The van der Waals surface area contributed by atoms with E-state index in [1.54, 1.807) is 5.32 Å². The van der Waals surface area contributed by atoms with Crippen molar-refractivity contribution in [3.05, 3.63) is 34.4 Å². The van der Waals surface area contributed by atoms with Gasteiger partial charge in [-0.15, -0.1) is 0 Å². The molecule has 0 aliphatic rings. The summed E-state index contributed by atoms with van der Waals surface area (Å²) in [6.45, 7) is 0. The highest BCUT2D eigenvalue weighted by Crippen LogP contribution is 2.33. The summed E-state index contributed by atoms with van der Waals surface area (Å²) >= 11 is 0. The molecule has 0 radical (unpaired) electrons. The molecular formula is C10H7F6N3O3. The number of nitrogens with zero attached hydrogens (tertiary/aromatic N) is 1. The van der Waals surface area contributed by atoms with Gasteiger partial charge in [0.2, 0.25) is 6.04 Å². The van der Waals surface area contributed by atoms with E-state index in [-0.39, 0.29) is 5.69 Å². The van der Waals surface area contributed by atoms with Crippen molar-refractivity contribution in [3.8, 4) is 0 Å². The molecule has 0 aromatic heterocycles. The first-order chi connectivity index (χ1) is 9.91. The number of nitro benzene ring substituents is 1. The lowest BCUT2D eigenvalue weighted by Crippen LogP contribution is -2.55. The lowest BCUT2D eigenvalue weighted by molar-refractivity contribution is -0.384. The lowest BCUT2D eigenvalue weighted by Gasteiger charge is -2.23. The molecule has 2 amide bonds. The highest BCUT2D eigenvalue weighted by Gasteiger charge is 2.57. The standard InChI is InChI=1S/C10H7F6N3O3/c11-9(12,13)7(10(14,15)16)18-8(20)17-5-2-1-3-6(4-5)19(21)22/h1-4,7H,(H2,17,18,20). The third kappa shape index (κ3) is 4.79. The number of carbonyl (C=O) groups is 1. The fraction of sp³-hybridized carbons (Fsp3) is 0.300. The maximum absolute atomic E-state index is 12.2. The summed E-state index contributed by atoms with van der Waals surface area (Å²) in [4.78, 5) is 20.8. The van der Waals surface area contributed by atoms with Gasteiger partial charge in [0, 0.05) is 17.8 Å². The number of anilines is 1. The molecule has 1 rings (SSSR count). The third-order valence-electron chi connectivity index (χ3n) is 2.24. The summed E-state index contributed by atoms with van der Waals surface area (Å²) < 4.78 is 73.4. The Morgan fingerprint density at radius 3 is 2.14 bits per heavy atom. The van der Waals surface area contributed by atoms with Crippen LogP contribution in [0, 0.1) is 10.1 Å². The summed E-state index contributed by atoms with van der Waals surface area (Å²) in [5, 5.41) is 12.8. The molecule has 2 N–H and O–H groups in total. The zero-order valence-electron chi connectivity index (χ0n) is 10.3. The van der Waals surface area contributed by atoms with Gasteiger partial charge in [-0.25, -0.2) is 4.79 Å². The monoisotopic (exact) mass is 331 g/mol. The highest BCUT2D eigenvalue weighted by atomic mass is 19.4. The van der Waals surface area contributed by atoms with E-state index in [1.807, 2.05) is 0 Å². The normalized spacial score (nSPS) is 12.1. The predicted molar refractivity (Wildman–Crippen MR) is 61.1 cm³/mol. The van der Waals surface area contributed by atoms with Crippen molar-refractivity contribution < 1.29 is 36.1 Å². The van der Waals surface area contributed by atoms with E-state index in [1.165, 1.54) is 0 Å². The van der Waals surface area contributed by atoms with Crippen LogP contribution < -0.4 is 10.6 Å². The Labute approximate surface area is 118 Å². The van der Waals surface area contributed by atoms with Crippen LogP contribution in [0.25, 0.3) is 0 Å². The Morgan fingerprint density at radius 1 is 1.14 bits per heavy atom. The van der Waals surface area contributed by atoms with E-state index in [0.717, 1.165) is 29.6 Å². The SMILES string of the molecule is O=C(Nc1cccc([N+](=O)[O-])c1)NC(C(F)(F)F)C(F)(F)F. The van der Waals surface area contributed by atoms with Crippen LogP contribution in [0.2, 0.25) is 0 Å². The number of urea groups is 1. The Hall–Kier alpha value is -2.53.